The number of allylic oxidation sites excluding steroid dienone is 1. The highest BCUT2D eigenvalue weighted by Crippen LogP contribution is 2.26. The van der Waals surface area contributed by atoms with Gasteiger partial charge in [0.05, 0.1) is 4.92 Å². The van der Waals surface area contributed by atoms with E-state index in [0.29, 0.717) is 11.1 Å². The molecule has 15 heavy (non-hydrogen) atoms. The molecule has 0 aliphatic heterocycles. The zero-order valence-electron chi connectivity index (χ0n) is 8.36. The van der Waals surface area contributed by atoms with Gasteiger partial charge in [-0.15, -0.1) is 13.0 Å². The van der Waals surface area contributed by atoms with E-state index in [2.05, 4.69) is 12.5 Å². The van der Waals surface area contributed by atoms with E-state index in [-0.39, 0.29) is 5.69 Å². The molecule has 0 aliphatic rings. The first kappa shape index (κ1) is 11.0. The van der Waals surface area contributed by atoms with Crippen molar-refractivity contribution in [1.29, 1.82) is 0 Å². The van der Waals surface area contributed by atoms with Crippen LogP contribution >= 0.6 is 0 Å². The number of nitrogens with zero attached hydrogens (tertiary/aromatic N) is 1. The molecule has 1 rings (SSSR count). The fourth-order valence-electron chi connectivity index (χ4n) is 1.28. The van der Waals surface area contributed by atoms with Crippen LogP contribution in [0.4, 0.5) is 5.69 Å². The van der Waals surface area contributed by atoms with E-state index in [9.17, 15) is 10.1 Å². The Balaban J connectivity index is 3.42. The van der Waals surface area contributed by atoms with E-state index >= 15 is 0 Å². The quantitative estimate of drug-likeness (QED) is 0.427. The van der Waals surface area contributed by atoms with Crippen LogP contribution in [-0.4, -0.2) is 4.92 Å². The minimum atomic E-state index is -0.477. The van der Waals surface area contributed by atoms with Gasteiger partial charge >= 0.3 is 0 Å². The summed E-state index contributed by atoms with van der Waals surface area (Å²) in [5.41, 5.74) is 0.942. The third kappa shape index (κ3) is 2.05. The summed E-state index contributed by atoms with van der Waals surface area (Å²) >= 11 is 0. The molecule has 75 valence electrons. The molecule has 0 bridgehead atoms. The Morgan fingerprint density at radius 2 is 2.33 bits per heavy atom. The molecular formula is C12H10NO2. The highest BCUT2D eigenvalue weighted by atomic mass is 16.6. The van der Waals surface area contributed by atoms with Crippen LogP contribution in [0.2, 0.25) is 0 Å². The van der Waals surface area contributed by atoms with Gasteiger partial charge in [0.2, 0.25) is 0 Å². The molecule has 0 aromatic heterocycles. The number of rotatable bonds is 3. The maximum atomic E-state index is 10.7. The van der Waals surface area contributed by atoms with Crippen LogP contribution in [0.1, 0.15) is 18.1 Å². The molecule has 0 saturated heterocycles. The van der Waals surface area contributed by atoms with Crippen molar-refractivity contribution in [1.82, 2.24) is 0 Å². The predicted molar refractivity (Wildman–Crippen MR) is 59.2 cm³/mol. The molecule has 0 atom stereocenters. The predicted octanol–water partition coefficient (Wildman–Crippen LogP) is 2.70. The van der Waals surface area contributed by atoms with Crippen molar-refractivity contribution in [3.8, 4) is 12.3 Å². The molecule has 0 N–H and O–H groups in total. The first-order valence-electron chi connectivity index (χ1n) is 4.32. The standard InChI is InChI=1S/C12H10NO2/c1-4-9(3)11-7-6-8-12(13(14)15)10(11)5-2/h2,4,6-8H,1H2,3H3. The van der Waals surface area contributed by atoms with Crippen molar-refractivity contribution in [2.24, 2.45) is 0 Å². The van der Waals surface area contributed by atoms with Crippen LogP contribution in [0, 0.1) is 28.4 Å². The lowest BCUT2D eigenvalue weighted by Gasteiger charge is -2.08. The molecule has 1 aromatic rings. The Morgan fingerprint density at radius 1 is 1.67 bits per heavy atom. The second-order valence-corrected chi connectivity index (χ2v) is 2.99. The lowest BCUT2D eigenvalue weighted by Crippen LogP contribution is -1.99. The normalized spacial score (nSPS) is 9.67. The number of nitro benzene ring substituents is 1. The first-order valence-corrected chi connectivity index (χ1v) is 4.32. The van der Waals surface area contributed by atoms with Gasteiger partial charge in [0.1, 0.15) is 5.56 Å². The van der Waals surface area contributed by atoms with Gasteiger partial charge in [0.25, 0.3) is 5.69 Å². The summed E-state index contributed by atoms with van der Waals surface area (Å²) in [6.45, 7) is 5.42. The third-order valence-corrected chi connectivity index (χ3v) is 2.11. The van der Waals surface area contributed by atoms with Crippen molar-refractivity contribution in [2.45, 2.75) is 6.92 Å². The minimum absolute atomic E-state index is 0.0452. The monoisotopic (exact) mass is 200 g/mol. The van der Waals surface area contributed by atoms with E-state index in [1.807, 2.05) is 6.92 Å². The van der Waals surface area contributed by atoms with Gasteiger partial charge < -0.3 is 0 Å². The Labute approximate surface area is 88.6 Å². The van der Waals surface area contributed by atoms with Gasteiger partial charge in [-0.25, -0.2) is 0 Å². The maximum Gasteiger partial charge on any atom is 0.285 e. The zero-order valence-corrected chi connectivity index (χ0v) is 8.36. The highest BCUT2D eigenvalue weighted by molar-refractivity contribution is 5.59. The fourth-order valence-corrected chi connectivity index (χ4v) is 1.28. The van der Waals surface area contributed by atoms with Gasteiger partial charge in [-0.3, -0.25) is 10.1 Å². The molecule has 0 fully saturated rings. The molecule has 1 aromatic carbocycles. The lowest BCUT2D eigenvalue weighted by molar-refractivity contribution is -0.385. The molecule has 3 nitrogen and oxygen atoms in total. The number of hydrogen-bond acceptors (Lipinski definition) is 2. The highest BCUT2D eigenvalue weighted by Gasteiger charge is 2.17. The average molecular weight is 200 g/mol. The van der Waals surface area contributed by atoms with Crippen molar-refractivity contribution in [3.63, 3.8) is 0 Å². The van der Waals surface area contributed by atoms with Crippen LogP contribution < -0.4 is 0 Å². The van der Waals surface area contributed by atoms with E-state index < -0.39 is 4.92 Å². The maximum absolute atomic E-state index is 10.7. The van der Waals surface area contributed by atoms with Gasteiger partial charge in [0.15, 0.2) is 0 Å². The fraction of sp³-hybridized carbons (Fsp3) is 0.0833. The molecule has 0 unspecified atom stereocenters. The van der Waals surface area contributed by atoms with Crippen molar-refractivity contribution >= 4 is 5.69 Å². The largest absolute Gasteiger partial charge is 0.285 e. The third-order valence-electron chi connectivity index (χ3n) is 2.11. The van der Waals surface area contributed by atoms with Gasteiger partial charge in [-0.05, 0) is 5.56 Å². The van der Waals surface area contributed by atoms with Crippen LogP contribution in [0.15, 0.2) is 30.9 Å². The molecule has 0 aliphatic carbocycles. The summed E-state index contributed by atoms with van der Waals surface area (Å²) in [7, 11) is 0. The molecule has 1 radical (unpaired) electrons. The Kier molecular flexibility index (Phi) is 3.25. The van der Waals surface area contributed by atoms with Crippen molar-refractivity contribution in [2.75, 3.05) is 0 Å². The lowest BCUT2D eigenvalue weighted by atomic mass is 9.95. The van der Waals surface area contributed by atoms with E-state index in [0.717, 1.165) is 5.92 Å². The second kappa shape index (κ2) is 4.43. The van der Waals surface area contributed by atoms with E-state index in [1.54, 1.807) is 18.2 Å². The smallest absolute Gasteiger partial charge is 0.258 e. The van der Waals surface area contributed by atoms with Crippen LogP contribution in [0.3, 0.4) is 0 Å². The van der Waals surface area contributed by atoms with E-state index in [4.69, 9.17) is 6.42 Å². The summed E-state index contributed by atoms with van der Waals surface area (Å²) in [5.74, 6) is 3.18. The molecule has 0 heterocycles. The molecule has 3 heteroatoms. The number of nitro groups is 1. The van der Waals surface area contributed by atoms with Gasteiger partial charge in [-0.1, -0.05) is 31.1 Å². The van der Waals surface area contributed by atoms with Crippen molar-refractivity contribution in [3.05, 3.63) is 58.0 Å². The zero-order chi connectivity index (χ0) is 11.4. The summed E-state index contributed by atoms with van der Waals surface area (Å²) < 4.78 is 0. The molecule has 0 amide bonds. The molecule has 0 saturated carbocycles. The average Bonchev–Trinajstić information content (AvgIpc) is 2.26. The van der Waals surface area contributed by atoms with Crippen LogP contribution in [0.25, 0.3) is 0 Å². The van der Waals surface area contributed by atoms with Gasteiger partial charge in [-0.2, -0.15) is 0 Å². The van der Waals surface area contributed by atoms with Crippen LogP contribution in [0.5, 0.6) is 0 Å². The minimum Gasteiger partial charge on any atom is -0.258 e. The molecular weight excluding hydrogens is 190 g/mol. The summed E-state index contributed by atoms with van der Waals surface area (Å²) in [4.78, 5) is 10.2. The Morgan fingerprint density at radius 3 is 2.80 bits per heavy atom. The SMILES string of the molecule is C#Cc1c([C](C)C=C)cccc1[N+](=O)[O-]. The summed E-state index contributed by atoms with van der Waals surface area (Å²) in [6.07, 6.45) is 6.90. The number of benzene rings is 1. The Bertz CT molecular complexity index is 443. The van der Waals surface area contributed by atoms with Gasteiger partial charge in [0, 0.05) is 12.0 Å². The topological polar surface area (TPSA) is 43.1 Å². The van der Waals surface area contributed by atoms with E-state index in [1.165, 1.54) is 6.07 Å². The van der Waals surface area contributed by atoms with Crippen LogP contribution in [-0.2, 0) is 0 Å². The first-order chi connectivity index (χ1) is 7.11. The van der Waals surface area contributed by atoms with Crippen molar-refractivity contribution < 1.29 is 4.92 Å². The number of terminal acetylenes is 1. The molecule has 0 spiro atoms. The number of hydrogen-bond donors (Lipinski definition) is 0. The second-order valence-electron chi connectivity index (χ2n) is 2.99. The summed E-state index contributed by atoms with van der Waals surface area (Å²) in [5, 5.41) is 10.7. The Hall–Kier alpha value is -2.08. The summed E-state index contributed by atoms with van der Waals surface area (Å²) in [6, 6.07) is 4.76.